The number of likely N-dealkylation sites (tertiary alicyclic amines) is 1. The smallest absolute Gasteiger partial charge is 0.253 e. The summed E-state index contributed by atoms with van der Waals surface area (Å²) >= 11 is 6.05. The number of fused-ring (bicyclic) bond motifs is 2. The molecule has 4 heterocycles. The van der Waals surface area contributed by atoms with Gasteiger partial charge in [-0.25, -0.2) is 0 Å². The largest absolute Gasteiger partial charge is 0.394 e. The number of rotatable bonds is 3. The van der Waals surface area contributed by atoms with E-state index in [0.717, 1.165) is 0 Å². The molecule has 1 N–H and O–H groups in total. The molecule has 5 rings (SSSR count). The highest BCUT2D eigenvalue weighted by molar-refractivity contribution is 6.30. The van der Waals surface area contributed by atoms with Crippen molar-refractivity contribution in [3.63, 3.8) is 0 Å². The van der Waals surface area contributed by atoms with Crippen molar-refractivity contribution >= 4 is 35.0 Å². The van der Waals surface area contributed by atoms with Gasteiger partial charge in [0.2, 0.25) is 11.8 Å². The third kappa shape index (κ3) is 3.08. The lowest BCUT2D eigenvalue weighted by Gasteiger charge is -2.39. The van der Waals surface area contributed by atoms with E-state index in [1.165, 1.54) is 4.90 Å². The summed E-state index contributed by atoms with van der Waals surface area (Å²) < 4.78 is 6.68. The number of ether oxygens (including phenoxy) is 1. The number of halogens is 1. The van der Waals surface area contributed by atoms with E-state index in [2.05, 4.69) is 0 Å². The molecule has 1 spiro atoms. The number of aliphatic hydroxyl groups excluding tert-OH is 1. The number of carbonyl (C=O) groups excluding carboxylic acids is 3. The fourth-order valence-electron chi connectivity index (χ4n) is 6.00. The summed E-state index contributed by atoms with van der Waals surface area (Å²) in [6.45, 7) is 3.87. The summed E-state index contributed by atoms with van der Waals surface area (Å²) in [5, 5.41) is 10.5. The fourth-order valence-corrected chi connectivity index (χ4v) is 6.12. The van der Waals surface area contributed by atoms with Gasteiger partial charge in [-0.2, -0.15) is 0 Å². The lowest BCUT2D eigenvalue weighted by atomic mass is 9.74. The minimum atomic E-state index is -1.34. The third-order valence-electron chi connectivity index (χ3n) is 7.57. The van der Waals surface area contributed by atoms with Crippen LogP contribution in [0.15, 0.2) is 48.6 Å². The summed E-state index contributed by atoms with van der Waals surface area (Å²) in [6.07, 6.45) is 7.33. The van der Waals surface area contributed by atoms with Crippen LogP contribution < -0.4 is 4.90 Å². The predicted molar refractivity (Wildman–Crippen MR) is 126 cm³/mol. The molecule has 0 radical (unpaired) electrons. The molecule has 9 heteroatoms. The van der Waals surface area contributed by atoms with Gasteiger partial charge >= 0.3 is 0 Å². The number of benzene rings is 1. The minimum Gasteiger partial charge on any atom is -0.394 e. The molecule has 2 saturated heterocycles. The lowest BCUT2D eigenvalue weighted by molar-refractivity contribution is -0.150. The van der Waals surface area contributed by atoms with E-state index in [1.807, 2.05) is 25.2 Å². The normalized spacial score (nSPS) is 35.7. The Morgan fingerprint density at radius 1 is 1.06 bits per heavy atom. The maximum absolute atomic E-state index is 14.1. The van der Waals surface area contributed by atoms with E-state index in [1.54, 1.807) is 54.1 Å². The molecular formula is C25H28ClN3O5. The molecule has 0 saturated carbocycles. The average molecular weight is 486 g/mol. The van der Waals surface area contributed by atoms with Crippen LogP contribution in [0.1, 0.15) is 13.8 Å². The van der Waals surface area contributed by atoms with Crippen molar-refractivity contribution in [2.45, 2.75) is 37.1 Å². The van der Waals surface area contributed by atoms with E-state index < -0.39 is 35.1 Å². The molecule has 0 aromatic heterocycles. The zero-order chi connectivity index (χ0) is 24.4. The van der Waals surface area contributed by atoms with Gasteiger partial charge in [0, 0.05) is 30.8 Å². The molecule has 4 aliphatic heterocycles. The van der Waals surface area contributed by atoms with Gasteiger partial charge in [0.25, 0.3) is 5.91 Å². The first-order valence-electron chi connectivity index (χ1n) is 11.4. The van der Waals surface area contributed by atoms with Gasteiger partial charge < -0.3 is 24.5 Å². The van der Waals surface area contributed by atoms with Gasteiger partial charge in [-0.15, -0.1) is 0 Å². The fraction of sp³-hybridized carbons (Fsp3) is 0.480. The van der Waals surface area contributed by atoms with Crippen LogP contribution in [0.4, 0.5) is 5.69 Å². The van der Waals surface area contributed by atoms with E-state index in [4.69, 9.17) is 16.3 Å². The van der Waals surface area contributed by atoms with Crippen LogP contribution in [0.3, 0.4) is 0 Å². The van der Waals surface area contributed by atoms with E-state index >= 15 is 0 Å². The molecular weight excluding hydrogens is 458 g/mol. The van der Waals surface area contributed by atoms with Crippen LogP contribution in [-0.2, 0) is 19.1 Å². The number of amides is 3. The molecule has 1 aromatic rings. The predicted octanol–water partition coefficient (Wildman–Crippen LogP) is 1.62. The highest BCUT2D eigenvalue weighted by Gasteiger charge is 2.75. The van der Waals surface area contributed by atoms with Gasteiger partial charge in [-0.1, -0.05) is 35.9 Å². The number of anilines is 1. The van der Waals surface area contributed by atoms with Crippen LogP contribution >= 0.6 is 11.6 Å². The topological polar surface area (TPSA) is 90.4 Å². The second-order valence-electron chi connectivity index (χ2n) is 9.72. The Hall–Kier alpha value is -2.68. The molecule has 1 aromatic carbocycles. The minimum absolute atomic E-state index is 0.195. The van der Waals surface area contributed by atoms with Crippen LogP contribution in [0.25, 0.3) is 0 Å². The van der Waals surface area contributed by atoms with E-state index in [0.29, 0.717) is 17.3 Å². The number of likely N-dealkylation sites (N-methyl/N-ethyl adjacent to an activating group) is 1. The molecule has 3 amide bonds. The zero-order valence-corrected chi connectivity index (χ0v) is 20.1. The first kappa shape index (κ1) is 23.1. The summed E-state index contributed by atoms with van der Waals surface area (Å²) in [5.74, 6) is -2.55. The molecule has 1 unspecified atom stereocenters. The van der Waals surface area contributed by atoms with E-state index in [-0.39, 0.29) is 30.9 Å². The standard InChI is InChI=1S/C25H28ClN3O5/c1-15(14-30)29-20-23(33)28(17-8-6-16(26)7-9-17)13-5-11-25(20)19(22(29)32)18-21(31)27(3)12-4-10-24(18,2)34-25/h4-11,15,18-20,30H,12-14H2,1-3H3/t15-,18+,19+,20?,24-,25+/m1/s1. The Morgan fingerprint density at radius 3 is 2.41 bits per heavy atom. The van der Waals surface area contributed by atoms with Crippen molar-refractivity contribution in [2.75, 3.05) is 31.6 Å². The van der Waals surface area contributed by atoms with E-state index in [9.17, 15) is 19.5 Å². The molecule has 4 aliphatic rings. The molecule has 34 heavy (non-hydrogen) atoms. The Labute approximate surface area is 203 Å². The lowest BCUT2D eigenvalue weighted by Crippen LogP contribution is -2.58. The Morgan fingerprint density at radius 2 is 1.74 bits per heavy atom. The van der Waals surface area contributed by atoms with Crippen LogP contribution in [0.5, 0.6) is 0 Å². The SMILES string of the molecule is C[C@H](CO)N1C(=O)[C@@H]2[C@H]3C(=O)N(C)CC=C[C@@]3(C)O[C@@]23C=CCN(c2ccc(Cl)cc2)C(=O)C13. The van der Waals surface area contributed by atoms with Crippen molar-refractivity contribution < 1.29 is 24.2 Å². The van der Waals surface area contributed by atoms with Crippen molar-refractivity contribution in [1.82, 2.24) is 9.80 Å². The monoisotopic (exact) mass is 485 g/mol. The highest BCUT2D eigenvalue weighted by Crippen LogP contribution is 2.57. The Kier molecular flexibility index (Phi) is 5.39. The molecule has 8 nitrogen and oxygen atoms in total. The highest BCUT2D eigenvalue weighted by atomic mass is 35.5. The molecule has 180 valence electrons. The van der Waals surface area contributed by atoms with Gasteiger partial charge in [-0.05, 0) is 38.1 Å². The number of aliphatic hydroxyl groups is 1. The number of hydrogen-bond acceptors (Lipinski definition) is 5. The average Bonchev–Trinajstić information content (AvgIpc) is 3.09. The van der Waals surface area contributed by atoms with Crippen molar-refractivity contribution in [1.29, 1.82) is 0 Å². The molecule has 0 bridgehead atoms. The second kappa shape index (κ2) is 7.93. The van der Waals surface area contributed by atoms with Crippen molar-refractivity contribution in [3.8, 4) is 0 Å². The second-order valence-corrected chi connectivity index (χ2v) is 10.2. The Balaban J connectivity index is 1.67. The first-order chi connectivity index (χ1) is 16.1. The van der Waals surface area contributed by atoms with Crippen molar-refractivity contribution in [2.24, 2.45) is 11.8 Å². The van der Waals surface area contributed by atoms with Gasteiger partial charge in [-0.3, -0.25) is 14.4 Å². The number of hydrogen-bond donors (Lipinski definition) is 1. The van der Waals surface area contributed by atoms with Crippen LogP contribution in [0.2, 0.25) is 5.02 Å². The zero-order valence-electron chi connectivity index (χ0n) is 19.3. The molecule has 0 aliphatic carbocycles. The van der Waals surface area contributed by atoms with Gasteiger partial charge in [0.05, 0.1) is 30.1 Å². The molecule has 6 atom stereocenters. The quantitative estimate of drug-likeness (QED) is 0.657. The third-order valence-corrected chi connectivity index (χ3v) is 7.83. The number of nitrogens with zero attached hydrogens (tertiary/aromatic N) is 3. The first-order valence-corrected chi connectivity index (χ1v) is 11.8. The van der Waals surface area contributed by atoms with Crippen LogP contribution in [0, 0.1) is 11.8 Å². The maximum Gasteiger partial charge on any atom is 0.253 e. The number of carbonyl (C=O) groups is 3. The molecule has 2 fully saturated rings. The van der Waals surface area contributed by atoms with Gasteiger partial charge in [0.1, 0.15) is 11.6 Å². The van der Waals surface area contributed by atoms with Crippen LogP contribution in [-0.4, -0.2) is 82.7 Å². The summed E-state index contributed by atoms with van der Waals surface area (Å²) in [4.78, 5) is 46.2. The Bertz CT molecular complexity index is 1100. The maximum atomic E-state index is 14.1. The van der Waals surface area contributed by atoms with Crippen molar-refractivity contribution in [3.05, 3.63) is 53.6 Å². The van der Waals surface area contributed by atoms with Gasteiger partial charge in [0.15, 0.2) is 0 Å². The summed E-state index contributed by atoms with van der Waals surface area (Å²) in [5.41, 5.74) is -1.75. The summed E-state index contributed by atoms with van der Waals surface area (Å²) in [7, 11) is 1.70. The summed E-state index contributed by atoms with van der Waals surface area (Å²) in [6, 6.07) is 5.25.